The Hall–Kier alpha value is -2.21. The summed E-state index contributed by atoms with van der Waals surface area (Å²) in [7, 11) is 0. The van der Waals surface area contributed by atoms with E-state index in [0.717, 1.165) is 30.0 Å². The summed E-state index contributed by atoms with van der Waals surface area (Å²) in [5.41, 5.74) is 5.89. The molecule has 25 heavy (non-hydrogen) atoms. The van der Waals surface area contributed by atoms with Gasteiger partial charge >= 0.3 is 5.97 Å². The predicted molar refractivity (Wildman–Crippen MR) is 97.1 cm³/mol. The third kappa shape index (κ3) is 4.45. The smallest absolute Gasteiger partial charge is 0.302 e. The fourth-order valence-corrected chi connectivity index (χ4v) is 3.14. The van der Waals surface area contributed by atoms with Crippen molar-refractivity contribution in [2.75, 3.05) is 0 Å². The highest BCUT2D eigenvalue weighted by Gasteiger charge is 2.15. The third-order valence-electron chi connectivity index (χ3n) is 4.63. The van der Waals surface area contributed by atoms with Crippen LogP contribution in [-0.2, 0) is 29.2 Å². The van der Waals surface area contributed by atoms with Crippen LogP contribution in [0.2, 0.25) is 0 Å². The number of carbonyl (C=O) groups excluding carboxylic acids is 1. The van der Waals surface area contributed by atoms with E-state index in [1.807, 2.05) is 4.68 Å². The molecular weight excluding hydrogens is 316 g/mol. The number of aromatic nitrogens is 3. The van der Waals surface area contributed by atoms with E-state index in [2.05, 4.69) is 56.1 Å². The number of nitrogens with one attached hydrogen (secondary N) is 1. The molecule has 6 nitrogen and oxygen atoms in total. The minimum atomic E-state index is -0.258. The summed E-state index contributed by atoms with van der Waals surface area (Å²) in [4.78, 5) is 15.5. The van der Waals surface area contributed by atoms with Crippen molar-refractivity contribution in [3.8, 4) is 0 Å². The van der Waals surface area contributed by atoms with Crippen molar-refractivity contribution in [2.45, 2.75) is 67.3 Å². The van der Waals surface area contributed by atoms with Gasteiger partial charge < -0.3 is 10.1 Å². The van der Waals surface area contributed by atoms with E-state index in [1.165, 1.54) is 23.6 Å². The van der Waals surface area contributed by atoms with E-state index in [-0.39, 0.29) is 12.0 Å². The van der Waals surface area contributed by atoms with Crippen LogP contribution in [0, 0.1) is 20.8 Å². The van der Waals surface area contributed by atoms with Crippen molar-refractivity contribution in [2.24, 2.45) is 0 Å². The minimum absolute atomic E-state index is 0.0967. The molecule has 0 radical (unpaired) electrons. The zero-order chi connectivity index (χ0) is 18.6. The molecule has 1 heterocycles. The van der Waals surface area contributed by atoms with Gasteiger partial charge in [-0.25, -0.2) is 9.67 Å². The molecule has 1 aromatic heterocycles. The van der Waals surface area contributed by atoms with E-state index < -0.39 is 0 Å². The summed E-state index contributed by atoms with van der Waals surface area (Å²) in [5.74, 6) is 0.677. The predicted octanol–water partition coefficient (Wildman–Crippen LogP) is 3.14. The number of rotatable bonds is 7. The van der Waals surface area contributed by atoms with Gasteiger partial charge in [0.15, 0.2) is 0 Å². The normalized spacial score (nSPS) is 12.2. The van der Waals surface area contributed by atoms with Crippen molar-refractivity contribution in [1.82, 2.24) is 20.1 Å². The van der Waals surface area contributed by atoms with E-state index >= 15 is 0 Å². The summed E-state index contributed by atoms with van der Waals surface area (Å²) in [6.07, 6.45) is 1.59. The van der Waals surface area contributed by atoms with Crippen LogP contribution >= 0.6 is 0 Å². The fourth-order valence-electron chi connectivity index (χ4n) is 3.14. The summed E-state index contributed by atoms with van der Waals surface area (Å²) in [6.45, 7) is 13.7. The van der Waals surface area contributed by atoms with Crippen LogP contribution in [0.3, 0.4) is 0 Å². The topological polar surface area (TPSA) is 69.0 Å². The quantitative estimate of drug-likeness (QED) is 0.782. The van der Waals surface area contributed by atoms with Gasteiger partial charge in [0, 0.05) is 20.0 Å². The zero-order valence-corrected chi connectivity index (χ0v) is 16.0. The lowest BCUT2D eigenvalue weighted by molar-refractivity contribution is -0.142. The summed E-state index contributed by atoms with van der Waals surface area (Å²) < 4.78 is 7.12. The van der Waals surface area contributed by atoms with Gasteiger partial charge in [-0.05, 0) is 62.4 Å². The second-order valence-corrected chi connectivity index (χ2v) is 6.41. The van der Waals surface area contributed by atoms with Crippen molar-refractivity contribution in [3.63, 3.8) is 0 Å². The first-order valence-electron chi connectivity index (χ1n) is 8.68. The van der Waals surface area contributed by atoms with E-state index in [1.54, 1.807) is 6.33 Å². The van der Waals surface area contributed by atoms with Crippen LogP contribution < -0.4 is 5.32 Å². The molecule has 0 amide bonds. The van der Waals surface area contributed by atoms with Gasteiger partial charge in [0.25, 0.3) is 0 Å². The first-order valence-corrected chi connectivity index (χ1v) is 8.68. The molecule has 0 unspecified atom stereocenters. The summed E-state index contributed by atoms with van der Waals surface area (Å²) >= 11 is 0. The lowest BCUT2D eigenvalue weighted by atomic mass is 9.93. The second-order valence-electron chi connectivity index (χ2n) is 6.41. The second kappa shape index (κ2) is 8.25. The molecule has 2 rings (SSSR count). The highest BCUT2D eigenvalue weighted by Crippen LogP contribution is 2.24. The van der Waals surface area contributed by atoms with E-state index in [4.69, 9.17) is 4.74 Å². The molecule has 2 aromatic rings. The summed E-state index contributed by atoms with van der Waals surface area (Å²) in [6, 6.07) is 2.25. The Morgan fingerprint density at radius 3 is 2.60 bits per heavy atom. The van der Waals surface area contributed by atoms with Gasteiger partial charge in [-0.2, -0.15) is 5.10 Å². The number of hydrogen-bond acceptors (Lipinski definition) is 5. The molecule has 136 valence electrons. The number of nitrogens with zero attached hydrogens (tertiary/aromatic N) is 3. The maximum Gasteiger partial charge on any atom is 0.302 e. The van der Waals surface area contributed by atoms with Crippen LogP contribution in [-0.4, -0.2) is 20.7 Å². The largest absolute Gasteiger partial charge is 0.461 e. The van der Waals surface area contributed by atoms with E-state index in [9.17, 15) is 4.79 Å². The summed E-state index contributed by atoms with van der Waals surface area (Å²) in [5, 5.41) is 7.77. The lowest BCUT2D eigenvalue weighted by Crippen LogP contribution is -2.23. The van der Waals surface area contributed by atoms with Gasteiger partial charge in [0.1, 0.15) is 18.8 Å². The van der Waals surface area contributed by atoms with Gasteiger partial charge in [0.2, 0.25) is 0 Å². The van der Waals surface area contributed by atoms with Crippen molar-refractivity contribution in [1.29, 1.82) is 0 Å². The number of aryl methyl sites for hydroxylation is 3. The molecule has 0 bridgehead atoms. The average Bonchev–Trinajstić information content (AvgIpc) is 3.02. The third-order valence-corrected chi connectivity index (χ3v) is 4.63. The van der Waals surface area contributed by atoms with Gasteiger partial charge in [0.05, 0.1) is 6.04 Å². The first kappa shape index (κ1) is 19.1. The lowest BCUT2D eigenvalue weighted by Gasteiger charge is -2.20. The van der Waals surface area contributed by atoms with E-state index in [0.29, 0.717) is 6.61 Å². The molecular formula is C19H28N4O2. The molecule has 1 aromatic carbocycles. The molecule has 0 saturated carbocycles. The van der Waals surface area contributed by atoms with Crippen molar-refractivity contribution < 1.29 is 9.53 Å². The molecule has 0 spiro atoms. The maximum atomic E-state index is 11.1. The Morgan fingerprint density at radius 2 is 1.96 bits per heavy atom. The van der Waals surface area contributed by atoms with Crippen LogP contribution in [0.5, 0.6) is 0 Å². The number of ether oxygens (including phenoxy) is 1. The minimum Gasteiger partial charge on any atom is -0.461 e. The molecule has 1 N–H and O–H groups in total. The highest BCUT2D eigenvalue weighted by atomic mass is 16.5. The molecule has 0 aliphatic heterocycles. The van der Waals surface area contributed by atoms with Crippen LogP contribution in [0.25, 0.3) is 0 Å². The first-order chi connectivity index (χ1) is 11.8. The highest BCUT2D eigenvalue weighted by molar-refractivity contribution is 5.66. The van der Waals surface area contributed by atoms with Crippen LogP contribution in [0.1, 0.15) is 60.5 Å². The Morgan fingerprint density at radius 1 is 1.28 bits per heavy atom. The fraction of sp³-hybridized carbons (Fsp3) is 0.526. The van der Waals surface area contributed by atoms with Crippen LogP contribution in [0.4, 0.5) is 0 Å². The van der Waals surface area contributed by atoms with Crippen LogP contribution in [0.15, 0.2) is 12.4 Å². The maximum absolute atomic E-state index is 11.1. The number of esters is 1. The molecule has 0 aliphatic rings. The molecule has 0 saturated heterocycles. The Bertz CT molecular complexity index is 752. The molecule has 0 aliphatic carbocycles. The average molecular weight is 344 g/mol. The number of benzene rings is 1. The number of hydrogen-bond donors (Lipinski definition) is 1. The Kier molecular flexibility index (Phi) is 6.31. The van der Waals surface area contributed by atoms with Gasteiger partial charge in [-0.15, -0.1) is 0 Å². The zero-order valence-electron chi connectivity index (χ0n) is 16.0. The molecule has 6 heteroatoms. The van der Waals surface area contributed by atoms with Gasteiger partial charge in [-0.1, -0.05) is 6.07 Å². The van der Waals surface area contributed by atoms with Gasteiger partial charge in [-0.3, -0.25) is 4.79 Å². The Labute approximate surface area is 149 Å². The Balaban J connectivity index is 2.18. The SMILES string of the molecule is CCn1ncnc1[C@H](C)NCc1c(C)cc(C)c(COC(C)=O)c1C. The molecule has 1 atom stereocenters. The van der Waals surface area contributed by atoms with Crippen molar-refractivity contribution in [3.05, 3.63) is 46.0 Å². The monoisotopic (exact) mass is 344 g/mol. The standard InChI is InChI=1S/C19H28N4O2/c1-7-23-19(21-11-22-23)15(5)20-9-17-12(2)8-13(3)18(14(17)4)10-25-16(6)24/h8,11,15,20H,7,9-10H2,1-6H3/t15-/m0/s1. The molecule has 0 fully saturated rings. The van der Waals surface area contributed by atoms with Crippen molar-refractivity contribution >= 4 is 5.97 Å². The number of carbonyl (C=O) groups is 1.